The molecule has 0 spiro atoms. The fourth-order valence-corrected chi connectivity index (χ4v) is 3.02. The number of carbonyl (C=O) groups is 1. The molecule has 1 aliphatic heterocycles. The first-order valence-electron chi connectivity index (χ1n) is 6.40. The Kier molecular flexibility index (Phi) is 4.34. The number of carbonyl (C=O) groups excluding carboxylic acids is 1. The highest BCUT2D eigenvalue weighted by Gasteiger charge is 2.26. The number of aromatic nitrogens is 2. The molecule has 1 saturated heterocycles. The normalized spacial score (nSPS) is 19.9. The first kappa shape index (κ1) is 14.9. The molecule has 2 rings (SSSR count). The second kappa shape index (κ2) is 5.84. The van der Waals surface area contributed by atoms with E-state index in [1.54, 1.807) is 18.0 Å². The molecule has 0 aliphatic carbocycles. The first-order chi connectivity index (χ1) is 9.35. The summed E-state index contributed by atoms with van der Waals surface area (Å²) in [6.45, 7) is 2.77. The van der Waals surface area contributed by atoms with E-state index < -0.39 is 10.0 Å². The summed E-state index contributed by atoms with van der Waals surface area (Å²) in [4.78, 5) is 22.0. The van der Waals surface area contributed by atoms with Crippen molar-refractivity contribution >= 4 is 15.9 Å². The number of likely N-dealkylation sites (tertiary alicyclic amines) is 1. The van der Waals surface area contributed by atoms with Gasteiger partial charge >= 0.3 is 0 Å². The molecule has 0 aromatic carbocycles. The molecular formula is C12H18N4O3S. The number of hydrogen-bond donors (Lipinski definition) is 1. The van der Waals surface area contributed by atoms with Crippen LogP contribution in [0, 0.1) is 6.92 Å². The van der Waals surface area contributed by atoms with Gasteiger partial charge in [-0.2, -0.15) is 0 Å². The quantitative estimate of drug-likeness (QED) is 0.844. The maximum absolute atomic E-state index is 12.3. The Hall–Kier alpha value is -1.54. The highest BCUT2D eigenvalue weighted by Crippen LogP contribution is 2.13. The van der Waals surface area contributed by atoms with Crippen molar-refractivity contribution in [3.05, 3.63) is 23.8 Å². The van der Waals surface area contributed by atoms with Gasteiger partial charge in [0.25, 0.3) is 5.91 Å². The van der Waals surface area contributed by atoms with Gasteiger partial charge in [0, 0.05) is 25.3 Å². The van der Waals surface area contributed by atoms with Crippen LogP contribution < -0.4 is 4.72 Å². The van der Waals surface area contributed by atoms with Gasteiger partial charge in [-0.25, -0.2) is 18.1 Å². The van der Waals surface area contributed by atoms with Crippen molar-refractivity contribution in [2.24, 2.45) is 0 Å². The van der Waals surface area contributed by atoms with Crippen molar-refractivity contribution in [3.8, 4) is 0 Å². The van der Waals surface area contributed by atoms with Crippen LogP contribution in [-0.4, -0.2) is 54.6 Å². The highest BCUT2D eigenvalue weighted by molar-refractivity contribution is 7.88. The van der Waals surface area contributed by atoms with Crippen molar-refractivity contribution < 1.29 is 13.2 Å². The molecule has 0 saturated carbocycles. The lowest BCUT2D eigenvalue weighted by Gasteiger charge is -2.32. The Labute approximate surface area is 118 Å². The van der Waals surface area contributed by atoms with E-state index in [1.165, 1.54) is 6.20 Å². The average molecular weight is 298 g/mol. The molecule has 2 heterocycles. The second-order valence-electron chi connectivity index (χ2n) is 5.02. The SMILES string of the molecule is Cc1cnc(C(=O)N2CCC[C@@H](NS(C)(=O)=O)C2)cn1. The molecule has 8 heteroatoms. The van der Waals surface area contributed by atoms with Crippen LogP contribution in [0.2, 0.25) is 0 Å². The molecule has 1 aromatic rings. The molecular weight excluding hydrogens is 280 g/mol. The molecule has 0 unspecified atom stereocenters. The van der Waals surface area contributed by atoms with E-state index in [9.17, 15) is 13.2 Å². The van der Waals surface area contributed by atoms with Crippen LogP contribution in [0.25, 0.3) is 0 Å². The van der Waals surface area contributed by atoms with Gasteiger partial charge in [-0.1, -0.05) is 0 Å². The van der Waals surface area contributed by atoms with Crippen molar-refractivity contribution in [2.75, 3.05) is 19.3 Å². The van der Waals surface area contributed by atoms with Crippen LogP contribution in [0.3, 0.4) is 0 Å². The summed E-state index contributed by atoms with van der Waals surface area (Å²) in [5.74, 6) is -0.211. The van der Waals surface area contributed by atoms with Gasteiger partial charge in [-0.15, -0.1) is 0 Å². The van der Waals surface area contributed by atoms with Crippen LogP contribution >= 0.6 is 0 Å². The topological polar surface area (TPSA) is 92.3 Å². The number of nitrogens with one attached hydrogen (secondary N) is 1. The Bertz CT molecular complexity index is 585. The summed E-state index contributed by atoms with van der Waals surface area (Å²) in [6.07, 6.45) is 5.61. The van der Waals surface area contributed by atoms with Gasteiger partial charge < -0.3 is 4.90 Å². The summed E-state index contributed by atoms with van der Waals surface area (Å²) in [5, 5.41) is 0. The Morgan fingerprint density at radius 3 is 2.75 bits per heavy atom. The van der Waals surface area contributed by atoms with Crippen LogP contribution in [0.1, 0.15) is 29.0 Å². The van der Waals surface area contributed by atoms with E-state index in [1.807, 2.05) is 0 Å². The van der Waals surface area contributed by atoms with Gasteiger partial charge in [0.2, 0.25) is 10.0 Å². The monoisotopic (exact) mass is 298 g/mol. The van der Waals surface area contributed by atoms with Crippen LogP contribution in [0.5, 0.6) is 0 Å². The molecule has 1 fully saturated rings. The predicted molar refractivity (Wildman–Crippen MR) is 73.7 cm³/mol. The number of amides is 1. The van der Waals surface area contributed by atoms with E-state index in [2.05, 4.69) is 14.7 Å². The molecule has 7 nitrogen and oxygen atoms in total. The lowest BCUT2D eigenvalue weighted by Crippen LogP contribution is -2.49. The van der Waals surface area contributed by atoms with Crippen LogP contribution in [0.4, 0.5) is 0 Å². The molecule has 1 aliphatic rings. The van der Waals surface area contributed by atoms with E-state index in [0.717, 1.165) is 24.8 Å². The Morgan fingerprint density at radius 1 is 1.40 bits per heavy atom. The first-order valence-corrected chi connectivity index (χ1v) is 8.29. The zero-order valence-electron chi connectivity index (χ0n) is 11.5. The molecule has 110 valence electrons. The third-order valence-corrected chi connectivity index (χ3v) is 3.85. The van der Waals surface area contributed by atoms with Crippen molar-refractivity contribution in [2.45, 2.75) is 25.8 Å². The number of sulfonamides is 1. The lowest BCUT2D eigenvalue weighted by atomic mass is 10.1. The molecule has 1 amide bonds. The standard InChI is InChI=1S/C12H18N4O3S/c1-9-6-14-11(7-13-9)12(17)16-5-3-4-10(8-16)15-20(2,18)19/h6-7,10,15H,3-5,8H2,1-2H3/t10-/m1/s1. The predicted octanol–water partition coefficient (Wildman–Crippen LogP) is -0.0612. The number of aryl methyl sites for hydroxylation is 1. The molecule has 1 atom stereocenters. The largest absolute Gasteiger partial charge is 0.336 e. The third kappa shape index (κ3) is 3.97. The van der Waals surface area contributed by atoms with Crippen molar-refractivity contribution in [1.82, 2.24) is 19.6 Å². The summed E-state index contributed by atoms with van der Waals surface area (Å²) in [7, 11) is -3.26. The molecule has 20 heavy (non-hydrogen) atoms. The lowest BCUT2D eigenvalue weighted by molar-refractivity contribution is 0.0696. The van der Waals surface area contributed by atoms with Gasteiger partial charge in [-0.05, 0) is 19.8 Å². The van der Waals surface area contributed by atoms with E-state index in [-0.39, 0.29) is 17.6 Å². The minimum atomic E-state index is -3.26. The zero-order valence-corrected chi connectivity index (χ0v) is 12.4. The number of rotatable bonds is 3. The van der Waals surface area contributed by atoms with Gasteiger partial charge in [0.15, 0.2) is 0 Å². The number of hydrogen-bond acceptors (Lipinski definition) is 5. The number of piperidine rings is 1. The van der Waals surface area contributed by atoms with E-state index >= 15 is 0 Å². The van der Waals surface area contributed by atoms with Crippen LogP contribution in [-0.2, 0) is 10.0 Å². The highest BCUT2D eigenvalue weighted by atomic mass is 32.2. The summed E-state index contributed by atoms with van der Waals surface area (Å²) in [5.41, 5.74) is 1.03. The maximum atomic E-state index is 12.3. The average Bonchev–Trinajstić information content (AvgIpc) is 2.37. The van der Waals surface area contributed by atoms with Gasteiger partial charge in [-0.3, -0.25) is 9.78 Å². The molecule has 0 bridgehead atoms. The van der Waals surface area contributed by atoms with E-state index in [4.69, 9.17) is 0 Å². The summed E-state index contributed by atoms with van der Waals surface area (Å²) < 4.78 is 25.0. The minimum absolute atomic E-state index is 0.211. The van der Waals surface area contributed by atoms with E-state index in [0.29, 0.717) is 13.1 Å². The van der Waals surface area contributed by atoms with Gasteiger partial charge in [0.05, 0.1) is 18.1 Å². The maximum Gasteiger partial charge on any atom is 0.274 e. The fourth-order valence-electron chi connectivity index (χ4n) is 2.23. The smallest absolute Gasteiger partial charge is 0.274 e. The van der Waals surface area contributed by atoms with Crippen LogP contribution in [0.15, 0.2) is 12.4 Å². The Morgan fingerprint density at radius 2 is 2.15 bits per heavy atom. The zero-order chi connectivity index (χ0) is 14.8. The fraction of sp³-hybridized carbons (Fsp3) is 0.583. The van der Waals surface area contributed by atoms with Crippen molar-refractivity contribution in [3.63, 3.8) is 0 Å². The minimum Gasteiger partial charge on any atom is -0.336 e. The third-order valence-electron chi connectivity index (χ3n) is 3.09. The molecule has 1 aromatic heterocycles. The molecule has 1 N–H and O–H groups in total. The molecule has 0 radical (unpaired) electrons. The van der Waals surface area contributed by atoms with Crippen molar-refractivity contribution in [1.29, 1.82) is 0 Å². The Balaban J connectivity index is 2.05. The summed E-state index contributed by atoms with van der Waals surface area (Å²) in [6, 6.07) is -0.235. The summed E-state index contributed by atoms with van der Waals surface area (Å²) >= 11 is 0. The number of nitrogens with zero attached hydrogens (tertiary/aromatic N) is 3. The second-order valence-corrected chi connectivity index (χ2v) is 6.80. The van der Waals surface area contributed by atoms with Gasteiger partial charge in [0.1, 0.15) is 5.69 Å².